The standard InChI is InChI=1S/C12H11N3O/c1-8-6-14-4-2-9(8)12(16)10-7-15-5-3-11(10)13/h2-7H,1H3,(H2,13,15). The number of nitrogens with zero attached hydrogens (tertiary/aromatic N) is 2. The summed E-state index contributed by atoms with van der Waals surface area (Å²) in [5.41, 5.74) is 8.04. The van der Waals surface area contributed by atoms with Gasteiger partial charge in [-0.05, 0) is 24.6 Å². The fourth-order valence-electron chi connectivity index (χ4n) is 1.47. The Morgan fingerprint density at radius 3 is 2.50 bits per heavy atom. The maximum atomic E-state index is 12.1. The molecule has 0 fully saturated rings. The summed E-state index contributed by atoms with van der Waals surface area (Å²) in [4.78, 5) is 20.0. The van der Waals surface area contributed by atoms with Crippen LogP contribution in [0.25, 0.3) is 0 Å². The van der Waals surface area contributed by atoms with Crippen LogP contribution in [0.1, 0.15) is 21.5 Å². The van der Waals surface area contributed by atoms with Gasteiger partial charge in [0.05, 0.1) is 5.56 Å². The molecule has 2 aromatic rings. The first kappa shape index (κ1) is 10.3. The number of aromatic nitrogens is 2. The van der Waals surface area contributed by atoms with Crippen molar-refractivity contribution in [3.8, 4) is 0 Å². The van der Waals surface area contributed by atoms with Crippen LogP contribution in [0.2, 0.25) is 0 Å². The number of carbonyl (C=O) groups excluding carboxylic acids is 1. The Kier molecular flexibility index (Phi) is 2.64. The van der Waals surface area contributed by atoms with Gasteiger partial charge in [-0.15, -0.1) is 0 Å². The summed E-state index contributed by atoms with van der Waals surface area (Å²) in [7, 11) is 0. The molecule has 0 aliphatic carbocycles. The zero-order valence-corrected chi connectivity index (χ0v) is 8.84. The SMILES string of the molecule is Cc1cnccc1C(=O)c1cnccc1N. The minimum Gasteiger partial charge on any atom is -0.398 e. The second kappa shape index (κ2) is 4.10. The van der Waals surface area contributed by atoms with E-state index in [1.54, 1.807) is 30.7 Å². The van der Waals surface area contributed by atoms with Crippen LogP contribution >= 0.6 is 0 Å². The van der Waals surface area contributed by atoms with Crippen LogP contribution in [-0.4, -0.2) is 15.8 Å². The monoisotopic (exact) mass is 213 g/mol. The maximum absolute atomic E-state index is 12.1. The summed E-state index contributed by atoms with van der Waals surface area (Å²) in [6.45, 7) is 1.84. The third kappa shape index (κ3) is 1.77. The predicted molar refractivity (Wildman–Crippen MR) is 61.1 cm³/mol. The first-order chi connectivity index (χ1) is 7.70. The van der Waals surface area contributed by atoms with Crippen LogP contribution in [0.15, 0.2) is 36.9 Å². The molecule has 2 N–H and O–H groups in total. The Bertz CT molecular complexity index is 490. The van der Waals surface area contributed by atoms with Gasteiger partial charge in [-0.2, -0.15) is 0 Å². The van der Waals surface area contributed by atoms with Crippen molar-refractivity contribution < 1.29 is 4.79 Å². The summed E-state index contributed by atoms with van der Waals surface area (Å²) >= 11 is 0. The van der Waals surface area contributed by atoms with E-state index in [1.165, 1.54) is 6.20 Å². The zero-order chi connectivity index (χ0) is 11.5. The zero-order valence-electron chi connectivity index (χ0n) is 8.84. The van der Waals surface area contributed by atoms with Crippen molar-refractivity contribution in [1.29, 1.82) is 0 Å². The van der Waals surface area contributed by atoms with Gasteiger partial charge in [0.15, 0.2) is 5.78 Å². The summed E-state index contributed by atoms with van der Waals surface area (Å²) in [6, 6.07) is 3.30. The number of hydrogen-bond acceptors (Lipinski definition) is 4. The smallest absolute Gasteiger partial charge is 0.197 e. The molecule has 2 heterocycles. The highest BCUT2D eigenvalue weighted by atomic mass is 16.1. The van der Waals surface area contributed by atoms with E-state index in [9.17, 15) is 4.79 Å². The Balaban J connectivity index is 2.48. The van der Waals surface area contributed by atoms with E-state index in [0.29, 0.717) is 16.8 Å². The van der Waals surface area contributed by atoms with Crippen LogP contribution in [0, 0.1) is 6.92 Å². The molecule has 0 bridgehead atoms. The highest BCUT2D eigenvalue weighted by Crippen LogP contribution is 2.16. The summed E-state index contributed by atoms with van der Waals surface area (Å²) in [6.07, 6.45) is 6.29. The fourth-order valence-corrected chi connectivity index (χ4v) is 1.47. The van der Waals surface area contributed by atoms with Crippen molar-refractivity contribution in [1.82, 2.24) is 9.97 Å². The van der Waals surface area contributed by atoms with Crippen molar-refractivity contribution in [2.24, 2.45) is 0 Å². The number of hydrogen-bond donors (Lipinski definition) is 1. The second-order valence-electron chi connectivity index (χ2n) is 3.48. The number of ketones is 1. The molecule has 0 unspecified atom stereocenters. The van der Waals surface area contributed by atoms with E-state index >= 15 is 0 Å². The Morgan fingerprint density at radius 1 is 1.12 bits per heavy atom. The van der Waals surface area contributed by atoms with E-state index in [2.05, 4.69) is 9.97 Å². The number of pyridine rings is 2. The van der Waals surface area contributed by atoms with E-state index in [1.807, 2.05) is 6.92 Å². The number of aryl methyl sites for hydroxylation is 1. The third-order valence-electron chi connectivity index (χ3n) is 2.36. The molecule has 0 amide bonds. The lowest BCUT2D eigenvalue weighted by molar-refractivity contribution is 0.103. The molecule has 4 nitrogen and oxygen atoms in total. The van der Waals surface area contributed by atoms with E-state index in [0.717, 1.165) is 5.56 Å². The lowest BCUT2D eigenvalue weighted by Crippen LogP contribution is -2.07. The van der Waals surface area contributed by atoms with Gasteiger partial charge in [0.25, 0.3) is 0 Å². The molecule has 0 saturated carbocycles. The van der Waals surface area contributed by atoms with Gasteiger partial charge in [0, 0.05) is 36.0 Å². The molecule has 80 valence electrons. The molecular weight excluding hydrogens is 202 g/mol. The van der Waals surface area contributed by atoms with Crippen LogP contribution in [-0.2, 0) is 0 Å². The molecule has 0 atom stereocenters. The fraction of sp³-hybridized carbons (Fsp3) is 0.0833. The number of nitrogens with two attached hydrogens (primary N) is 1. The van der Waals surface area contributed by atoms with Gasteiger partial charge in [-0.25, -0.2) is 0 Å². The minimum absolute atomic E-state index is 0.120. The first-order valence-corrected chi connectivity index (χ1v) is 4.85. The third-order valence-corrected chi connectivity index (χ3v) is 2.36. The lowest BCUT2D eigenvalue weighted by atomic mass is 10.0. The van der Waals surface area contributed by atoms with Gasteiger partial charge in [0.1, 0.15) is 0 Å². The molecule has 0 saturated heterocycles. The Labute approximate surface area is 93.2 Å². The van der Waals surface area contributed by atoms with Crippen LogP contribution in [0.3, 0.4) is 0 Å². The molecule has 0 aliphatic rings. The van der Waals surface area contributed by atoms with Crippen molar-refractivity contribution in [3.05, 3.63) is 53.6 Å². The van der Waals surface area contributed by atoms with Crippen LogP contribution in [0.5, 0.6) is 0 Å². The van der Waals surface area contributed by atoms with E-state index in [-0.39, 0.29) is 5.78 Å². The molecule has 0 radical (unpaired) electrons. The highest BCUT2D eigenvalue weighted by molar-refractivity contribution is 6.12. The second-order valence-corrected chi connectivity index (χ2v) is 3.48. The van der Waals surface area contributed by atoms with Crippen LogP contribution in [0.4, 0.5) is 5.69 Å². The van der Waals surface area contributed by atoms with Gasteiger partial charge in [-0.1, -0.05) is 0 Å². The van der Waals surface area contributed by atoms with E-state index in [4.69, 9.17) is 5.73 Å². The van der Waals surface area contributed by atoms with Gasteiger partial charge in [-0.3, -0.25) is 14.8 Å². The van der Waals surface area contributed by atoms with Gasteiger partial charge < -0.3 is 5.73 Å². The van der Waals surface area contributed by atoms with Crippen LogP contribution < -0.4 is 5.73 Å². The van der Waals surface area contributed by atoms with Crippen molar-refractivity contribution >= 4 is 11.5 Å². The first-order valence-electron chi connectivity index (χ1n) is 4.85. The lowest BCUT2D eigenvalue weighted by Gasteiger charge is -2.05. The molecule has 2 aromatic heterocycles. The quantitative estimate of drug-likeness (QED) is 0.769. The molecule has 4 heteroatoms. The number of nitrogen functional groups attached to an aromatic ring is 1. The summed E-state index contributed by atoms with van der Waals surface area (Å²) in [5.74, 6) is -0.120. The number of carbonyl (C=O) groups is 1. The summed E-state index contributed by atoms with van der Waals surface area (Å²) in [5, 5.41) is 0. The molecular formula is C12H11N3O. The van der Waals surface area contributed by atoms with Crippen molar-refractivity contribution in [3.63, 3.8) is 0 Å². The topological polar surface area (TPSA) is 68.9 Å². The normalized spacial score (nSPS) is 10.1. The molecule has 0 aromatic carbocycles. The van der Waals surface area contributed by atoms with Crippen molar-refractivity contribution in [2.75, 3.05) is 5.73 Å². The average Bonchev–Trinajstić information content (AvgIpc) is 2.29. The van der Waals surface area contributed by atoms with Crippen molar-refractivity contribution in [2.45, 2.75) is 6.92 Å². The van der Waals surface area contributed by atoms with Gasteiger partial charge in [0.2, 0.25) is 0 Å². The maximum Gasteiger partial charge on any atom is 0.197 e. The Hall–Kier alpha value is -2.23. The average molecular weight is 213 g/mol. The van der Waals surface area contributed by atoms with E-state index < -0.39 is 0 Å². The Morgan fingerprint density at radius 2 is 1.81 bits per heavy atom. The molecule has 0 aliphatic heterocycles. The minimum atomic E-state index is -0.120. The largest absolute Gasteiger partial charge is 0.398 e. The number of anilines is 1. The highest BCUT2D eigenvalue weighted by Gasteiger charge is 2.14. The molecule has 16 heavy (non-hydrogen) atoms. The summed E-state index contributed by atoms with van der Waals surface area (Å²) < 4.78 is 0. The molecule has 2 rings (SSSR count). The predicted octanol–water partition coefficient (Wildman–Crippen LogP) is 1.60. The van der Waals surface area contributed by atoms with Gasteiger partial charge >= 0.3 is 0 Å². The molecule has 0 spiro atoms. The number of rotatable bonds is 2.